The van der Waals surface area contributed by atoms with Crippen molar-refractivity contribution in [1.82, 2.24) is 0 Å². The summed E-state index contributed by atoms with van der Waals surface area (Å²) in [5, 5.41) is 5.92. The molecular weight excluding hydrogens is 317 g/mol. The maximum absolute atomic E-state index is 13.5. The molecule has 1 saturated heterocycles. The molecule has 128 valence electrons. The van der Waals surface area contributed by atoms with Crippen LogP contribution in [0, 0.1) is 12.7 Å². The van der Waals surface area contributed by atoms with E-state index >= 15 is 0 Å². The van der Waals surface area contributed by atoms with Crippen molar-refractivity contribution in [3.05, 3.63) is 59.5 Å². The van der Waals surface area contributed by atoms with Crippen LogP contribution < -0.4 is 15.5 Å². The first-order chi connectivity index (χ1) is 12.1. The molecule has 1 amide bonds. The first kappa shape index (κ1) is 15.7. The Kier molecular flexibility index (Phi) is 3.92. The number of anilines is 3. The summed E-state index contributed by atoms with van der Waals surface area (Å²) in [6, 6.07) is 10.5. The molecule has 5 heteroatoms. The van der Waals surface area contributed by atoms with Gasteiger partial charge in [-0.05, 0) is 61.7 Å². The Bertz CT molecular complexity index is 869. The van der Waals surface area contributed by atoms with Crippen molar-refractivity contribution in [3.63, 3.8) is 0 Å². The minimum absolute atomic E-state index is 0.224. The Hall–Kier alpha value is -2.82. The lowest BCUT2D eigenvalue weighted by Crippen LogP contribution is -2.18. The highest BCUT2D eigenvalue weighted by molar-refractivity contribution is 6.31. The average molecular weight is 337 g/mol. The topological polar surface area (TPSA) is 44.4 Å². The Labute approximate surface area is 146 Å². The molecule has 0 atom stereocenters. The van der Waals surface area contributed by atoms with Gasteiger partial charge in [-0.2, -0.15) is 0 Å². The van der Waals surface area contributed by atoms with Crippen LogP contribution in [0.4, 0.5) is 21.5 Å². The highest BCUT2D eigenvalue weighted by Gasteiger charge is 2.24. The number of carbonyl (C=O) groups excluding carboxylic acids is 1. The maximum atomic E-state index is 13.5. The summed E-state index contributed by atoms with van der Waals surface area (Å²) in [7, 11) is 0. The molecule has 25 heavy (non-hydrogen) atoms. The SMILES string of the molecule is Cc1cc(N/C=C2/C(=O)Nc3ccc(F)cc32)ccc1N1CCCC1. The first-order valence-corrected chi connectivity index (χ1v) is 8.55. The van der Waals surface area contributed by atoms with E-state index in [1.165, 1.54) is 36.2 Å². The van der Waals surface area contributed by atoms with Gasteiger partial charge in [0.05, 0.1) is 5.57 Å². The number of aryl methyl sites for hydroxylation is 1. The van der Waals surface area contributed by atoms with Crippen molar-refractivity contribution < 1.29 is 9.18 Å². The normalized spacial score (nSPS) is 17.8. The lowest BCUT2D eigenvalue weighted by molar-refractivity contribution is -0.110. The van der Waals surface area contributed by atoms with Gasteiger partial charge < -0.3 is 15.5 Å². The number of rotatable bonds is 3. The molecule has 0 bridgehead atoms. The van der Waals surface area contributed by atoms with E-state index in [0.29, 0.717) is 16.8 Å². The zero-order chi connectivity index (χ0) is 17.4. The van der Waals surface area contributed by atoms with E-state index in [0.717, 1.165) is 18.8 Å². The fourth-order valence-corrected chi connectivity index (χ4v) is 3.52. The van der Waals surface area contributed by atoms with Crippen LogP contribution in [-0.4, -0.2) is 19.0 Å². The molecule has 2 aromatic carbocycles. The quantitative estimate of drug-likeness (QED) is 0.828. The lowest BCUT2D eigenvalue weighted by Gasteiger charge is -2.20. The van der Waals surface area contributed by atoms with Gasteiger partial charge in [-0.1, -0.05) is 0 Å². The van der Waals surface area contributed by atoms with E-state index in [9.17, 15) is 9.18 Å². The van der Waals surface area contributed by atoms with Crippen LogP contribution in [0.5, 0.6) is 0 Å². The molecule has 4 nitrogen and oxygen atoms in total. The van der Waals surface area contributed by atoms with E-state index in [1.807, 2.05) is 6.07 Å². The summed E-state index contributed by atoms with van der Waals surface area (Å²) >= 11 is 0. The van der Waals surface area contributed by atoms with Gasteiger partial charge in [0.2, 0.25) is 0 Å². The van der Waals surface area contributed by atoms with Crippen LogP contribution in [-0.2, 0) is 4.79 Å². The second kappa shape index (κ2) is 6.24. The third kappa shape index (κ3) is 2.97. The molecule has 4 rings (SSSR count). The van der Waals surface area contributed by atoms with Gasteiger partial charge in [0.1, 0.15) is 5.82 Å². The maximum Gasteiger partial charge on any atom is 0.257 e. The van der Waals surface area contributed by atoms with E-state index in [4.69, 9.17) is 0 Å². The number of halogens is 1. The molecule has 2 aliphatic heterocycles. The van der Waals surface area contributed by atoms with E-state index < -0.39 is 0 Å². The number of nitrogens with zero attached hydrogens (tertiary/aromatic N) is 1. The van der Waals surface area contributed by atoms with Gasteiger partial charge in [-0.15, -0.1) is 0 Å². The highest BCUT2D eigenvalue weighted by atomic mass is 19.1. The average Bonchev–Trinajstić information content (AvgIpc) is 3.21. The van der Waals surface area contributed by atoms with Gasteiger partial charge in [0, 0.05) is 41.9 Å². The summed E-state index contributed by atoms with van der Waals surface area (Å²) in [6.07, 6.45) is 4.14. The van der Waals surface area contributed by atoms with Crippen LogP contribution in [0.1, 0.15) is 24.0 Å². The molecular formula is C20H20FN3O. The first-order valence-electron chi connectivity index (χ1n) is 8.55. The van der Waals surface area contributed by atoms with Crippen molar-refractivity contribution in [1.29, 1.82) is 0 Å². The number of amides is 1. The van der Waals surface area contributed by atoms with Crippen molar-refractivity contribution in [3.8, 4) is 0 Å². The number of nitrogens with one attached hydrogen (secondary N) is 2. The molecule has 2 heterocycles. The Morgan fingerprint density at radius 2 is 1.96 bits per heavy atom. The van der Waals surface area contributed by atoms with Crippen molar-refractivity contribution >= 4 is 28.5 Å². The number of hydrogen-bond donors (Lipinski definition) is 2. The zero-order valence-electron chi connectivity index (χ0n) is 14.1. The summed E-state index contributed by atoms with van der Waals surface area (Å²) < 4.78 is 13.5. The van der Waals surface area contributed by atoms with Crippen molar-refractivity contribution in [2.75, 3.05) is 28.6 Å². The molecule has 0 saturated carbocycles. The van der Waals surface area contributed by atoms with Gasteiger partial charge in [0.25, 0.3) is 5.91 Å². The molecule has 0 aliphatic carbocycles. The summed E-state index contributed by atoms with van der Waals surface area (Å²) in [4.78, 5) is 14.5. The minimum atomic E-state index is -0.355. The molecule has 2 aliphatic rings. The van der Waals surface area contributed by atoms with Gasteiger partial charge in [0.15, 0.2) is 0 Å². The number of hydrogen-bond acceptors (Lipinski definition) is 3. The largest absolute Gasteiger partial charge is 0.371 e. The monoisotopic (exact) mass is 337 g/mol. The van der Waals surface area contributed by atoms with Crippen LogP contribution >= 0.6 is 0 Å². The number of benzene rings is 2. The van der Waals surface area contributed by atoms with Crippen LogP contribution in [0.15, 0.2) is 42.6 Å². The molecule has 0 spiro atoms. The molecule has 0 radical (unpaired) electrons. The molecule has 2 aromatic rings. The third-order valence-electron chi connectivity index (χ3n) is 4.79. The summed E-state index contributed by atoms with van der Waals surface area (Å²) in [5.41, 5.74) is 5.04. The van der Waals surface area contributed by atoms with Crippen LogP contribution in [0.25, 0.3) is 5.57 Å². The van der Waals surface area contributed by atoms with Crippen LogP contribution in [0.3, 0.4) is 0 Å². The van der Waals surface area contributed by atoms with Crippen molar-refractivity contribution in [2.24, 2.45) is 0 Å². The molecule has 1 fully saturated rings. The van der Waals surface area contributed by atoms with Crippen LogP contribution in [0.2, 0.25) is 0 Å². The smallest absolute Gasteiger partial charge is 0.257 e. The number of fused-ring (bicyclic) bond motifs is 1. The molecule has 0 unspecified atom stereocenters. The van der Waals surface area contributed by atoms with E-state index in [1.54, 1.807) is 12.3 Å². The Morgan fingerprint density at radius 1 is 1.16 bits per heavy atom. The highest BCUT2D eigenvalue weighted by Crippen LogP contribution is 2.32. The van der Waals surface area contributed by atoms with Gasteiger partial charge in [-0.25, -0.2) is 4.39 Å². The predicted octanol–water partition coefficient (Wildman–Crippen LogP) is 4.14. The standard InChI is InChI=1S/C20H20FN3O/c1-13-10-15(5-7-19(13)24-8-2-3-9-24)22-12-17-16-11-14(21)4-6-18(16)23-20(17)25/h4-7,10-12,22H,2-3,8-9H2,1H3,(H,23,25)/b17-12+. The van der Waals surface area contributed by atoms with Gasteiger partial charge in [-0.3, -0.25) is 4.79 Å². The molecule has 2 N–H and O–H groups in total. The van der Waals surface area contributed by atoms with Gasteiger partial charge >= 0.3 is 0 Å². The number of carbonyl (C=O) groups is 1. The summed E-state index contributed by atoms with van der Waals surface area (Å²) in [5.74, 6) is -0.578. The second-order valence-corrected chi connectivity index (χ2v) is 6.54. The second-order valence-electron chi connectivity index (χ2n) is 6.54. The summed E-state index contributed by atoms with van der Waals surface area (Å²) in [6.45, 7) is 4.32. The minimum Gasteiger partial charge on any atom is -0.371 e. The molecule has 0 aromatic heterocycles. The van der Waals surface area contributed by atoms with E-state index in [-0.39, 0.29) is 11.7 Å². The fourth-order valence-electron chi connectivity index (χ4n) is 3.52. The fraction of sp³-hybridized carbons (Fsp3) is 0.250. The Morgan fingerprint density at radius 3 is 2.72 bits per heavy atom. The predicted molar refractivity (Wildman–Crippen MR) is 99.3 cm³/mol. The lowest BCUT2D eigenvalue weighted by atomic mass is 10.1. The zero-order valence-corrected chi connectivity index (χ0v) is 14.1. The van der Waals surface area contributed by atoms with Crippen molar-refractivity contribution in [2.45, 2.75) is 19.8 Å². The van der Waals surface area contributed by atoms with E-state index in [2.05, 4.69) is 34.6 Å². The Balaban J connectivity index is 1.57. The third-order valence-corrected chi connectivity index (χ3v) is 4.79.